The summed E-state index contributed by atoms with van der Waals surface area (Å²) in [4.78, 5) is 8.64. The Hall–Kier alpha value is -1.41. The normalized spacial score (nSPS) is 11.2. The molecule has 0 spiro atoms. The fraction of sp³-hybridized carbons (Fsp3) is 0.143. The average molecular weight is 270 g/mol. The van der Waals surface area contributed by atoms with Crippen LogP contribution in [0.15, 0.2) is 17.0 Å². The van der Waals surface area contributed by atoms with Crippen LogP contribution in [0, 0.1) is 15.9 Å². The summed E-state index contributed by atoms with van der Waals surface area (Å²) in [6, 6.07) is 1.10. The summed E-state index contributed by atoms with van der Waals surface area (Å²) < 4.78 is 39.6. The second-order valence-electron chi connectivity index (χ2n) is 2.65. The first-order valence-electron chi connectivity index (χ1n) is 3.74. The van der Waals surface area contributed by atoms with Crippen molar-refractivity contribution in [1.29, 1.82) is 0 Å². The minimum Gasteiger partial charge on any atom is -0.494 e. The van der Waals surface area contributed by atoms with Gasteiger partial charge in [-0.05, 0) is 0 Å². The largest absolute Gasteiger partial charge is 0.494 e. The first-order valence-corrected chi connectivity index (χ1v) is 6.05. The first kappa shape index (κ1) is 12.7. The van der Waals surface area contributed by atoms with E-state index in [9.17, 15) is 22.9 Å². The summed E-state index contributed by atoms with van der Waals surface area (Å²) in [5.41, 5.74) is -0.937. The molecule has 0 aromatic heterocycles. The Morgan fingerprint density at radius 2 is 2.06 bits per heavy atom. The van der Waals surface area contributed by atoms with Crippen LogP contribution in [0.2, 0.25) is 0 Å². The number of nitro groups is 1. The number of nitrogens with zero attached hydrogens (tertiary/aromatic N) is 1. The molecule has 0 N–H and O–H groups in total. The predicted molar refractivity (Wildman–Crippen MR) is 52.6 cm³/mol. The van der Waals surface area contributed by atoms with Crippen molar-refractivity contribution in [2.75, 3.05) is 7.11 Å². The van der Waals surface area contributed by atoms with E-state index in [4.69, 9.17) is 10.7 Å². The zero-order chi connectivity index (χ0) is 12.5. The van der Waals surface area contributed by atoms with Crippen molar-refractivity contribution in [2.45, 2.75) is 4.90 Å². The predicted octanol–water partition coefficient (Wildman–Crippen LogP) is 1.67. The molecule has 6 nitrogen and oxygen atoms in total. The number of hydrogen-bond donors (Lipinski definition) is 0. The molecule has 0 aliphatic carbocycles. The smallest absolute Gasteiger partial charge is 0.292 e. The maximum absolute atomic E-state index is 13.1. The van der Waals surface area contributed by atoms with E-state index in [1.807, 2.05) is 0 Å². The van der Waals surface area contributed by atoms with Crippen molar-refractivity contribution in [2.24, 2.45) is 0 Å². The Morgan fingerprint density at radius 3 is 2.44 bits per heavy atom. The average Bonchev–Trinajstić information content (AvgIpc) is 2.15. The Balaban J connectivity index is 3.62. The molecule has 0 saturated carbocycles. The molecular weight excluding hydrogens is 265 g/mol. The number of ether oxygens (including phenoxy) is 1. The maximum atomic E-state index is 13.1. The highest BCUT2D eigenvalue weighted by molar-refractivity contribution is 8.13. The molecule has 0 heterocycles. The van der Waals surface area contributed by atoms with Gasteiger partial charge in [0.25, 0.3) is 14.7 Å². The topological polar surface area (TPSA) is 86.5 Å². The summed E-state index contributed by atoms with van der Waals surface area (Å²) in [6.45, 7) is 0. The molecule has 9 heteroatoms. The van der Waals surface area contributed by atoms with E-state index in [0.29, 0.717) is 12.1 Å². The standard InChI is InChI=1S/C7H5ClFNO5S/c1-15-6-3-7(16(8,13)14)5(10(11)12)2-4(6)9/h2-3H,1H3. The van der Waals surface area contributed by atoms with Crippen LogP contribution in [0.4, 0.5) is 10.1 Å². The minimum atomic E-state index is -4.34. The van der Waals surface area contributed by atoms with E-state index in [1.54, 1.807) is 0 Å². The van der Waals surface area contributed by atoms with Gasteiger partial charge in [-0.15, -0.1) is 0 Å². The molecule has 16 heavy (non-hydrogen) atoms. The van der Waals surface area contributed by atoms with Crippen molar-refractivity contribution in [1.82, 2.24) is 0 Å². The van der Waals surface area contributed by atoms with E-state index < -0.39 is 36.1 Å². The molecule has 0 radical (unpaired) electrons. The molecule has 1 aromatic carbocycles. The lowest BCUT2D eigenvalue weighted by atomic mass is 10.3. The third-order valence-electron chi connectivity index (χ3n) is 1.69. The SMILES string of the molecule is COc1cc(S(=O)(=O)Cl)c([N+](=O)[O-])cc1F. The second-order valence-corrected chi connectivity index (χ2v) is 5.18. The molecule has 0 unspecified atom stereocenters. The number of halogens is 2. The molecule has 1 rings (SSSR count). The molecule has 0 bridgehead atoms. The zero-order valence-corrected chi connectivity index (χ0v) is 9.38. The number of rotatable bonds is 3. The molecule has 0 fully saturated rings. The van der Waals surface area contributed by atoms with E-state index in [0.717, 1.165) is 7.11 Å². The fourth-order valence-electron chi connectivity index (χ4n) is 1.02. The van der Waals surface area contributed by atoms with E-state index in [-0.39, 0.29) is 0 Å². The lowest BCUT2D eigenvalue weighted by Gasteiger charge is -2.04. The second kappa shape index (κ2) is 4.22. The molecule has 1 aromatic rings. The summed E-state index contributed by atoms with van der Waals surface area (Å²) in [5.74, 6) is -1.48. The molecule has 0 atom stereocenters. The van der Waals surface area contributed by atoms with Gasteiger partial charge in [0.1, 0.15) is 0 Å². The van der Waals surface area contributed by atoms with Gasteiger partial charge in [0.2, 0.25) is 0 Å². The molecule has 0 saturated heterocycles. The minimum absolute atomic E-state index is 0.439. The van der Waals surface area contributed by atoms with Crippen LogP contribution in [0.1, 0.15) is 0 Å². The third-order valence-corrected chi connectivity index (χ3v) is 3.04. The van der Waals surface area contributed by atoms with Gasteiger partial charge in [-0.25, -0.2) is 12.8 Å². The highest BCUT2D eigenvalue weighted by atomic mass is 35.7. The number of methoxy groups -OCH3 is 1. The van der Waals surface area contributed by atoms with E-state index in [2.05, 4.69) is 4.74 Å². The third kappa shape index (κ3) is 2.39. The van der Waals surface area contributed by atoms with Crippen LogP contribution >= 0.6 is 10.7 Å². The van der Waals surface area contributed by atoms with Crippen molar-refractivity contribution >= 4 is 25.4 Å². The first-order chi connectivity index (χ1) is 7.27. The Labute approximate surface area is 94.2 Å². The number of nitro benzene ring substituents is 1. The summed E-state index contributed by atoms with van der Waals surface area (Å²) >= 11 is 0. The van der Waals surface area contributed by atoms with E-state index >= 15 is 0 Å². The fourth-order valence-corrected chi connectivity index (χ4v) is 2.02. The summed E-state index contributed by atoms with van der Waals surface area (Å²) in [7, 11) is 1.73. The van der Waals surface area contributed by atoms with Crippen molar-refractivity contribution in [3.8, 4) is 5.75 Å². The van der Waals surface area contributed by atoms with Crippen LogP contribution in [-0.2, 0) is 9.05 Å². The lowest BCUT2D eigenvalue weighted by molar-refractivity contribution is -0.388. The maximum Gasteiger partial charge on any atom is 0.292 e. The highest BCUT2D eigenvalue weighted by Gasteiger charge is 2.27. The molecule has 0 aliphatic rings. The zero-order valence-electron chi connectivity index (χ0n) is 7.81. The summed E-state index contributed by atoms with van der Waals surface area (Å²) in [5, 5.41) is 10.5. The van der Waals surface area contributed by atoms with Gasteiger partial charge in [0, 0.05) is 16.7 Å². The van der Waals surface area contributed by atoms with Gasteiger partial charge in [-0.2, -0.15) is 0 Å². The monoisotopic (exact) mass is 269 g/mol. The molecular formula is C7H5ClFNO5S. The van der Waals surface area contributed by atoms with Crippen molar-refractivity contribution < 1.29 is 22.5 Å². The molecule has 0 aliphatic heterocycles. The van der Waals surface area contributed by atoms with Crippen LogP contribution in [-0.4, -0.2) is 20.5 Å². The van der Waals surface area contributed by atoms with Gasteiger partial charge >= 0.3 is 0 Å². The van der Waals surface area contributed by atoms with Crippen molar-refractivity contribution in [3.63, 3.8) is 0 Å². The van der Waals surface area contributed by atoms with Crippen LogP contribution in [0.3, 0.4) is 0 Å². The van der Waals surface area contributed by atoms with E-state index in [1.165, 1.54) is 0 Å². The van der Waals surface area contributed by atoms with Gasteiger partial charge < -0.3 is 4.74 Å². The lowest BCUT2D eigenvalue weighted by Crippen LogP contribution is -2.01. The molecule has 0 amide bonds. The Kier molecular flexibility index (Phi) is 3.34. The molecule has 88 valence electrons. The van der Waals surface area contributed by atoms with Crippen LogP contribution in [0.25, 0.3) is 0 Å². The van der Waals surface area contributed by atoms with Gasteiger partial charge in [-0.3, -0.25) is 10.1 Å². The Morgan fingerprint density at radius 1 is 1.50 bits per heavy atom. The van der Waals surface area contributed by atoms with Crippen LogP contribution in [0.5, 0.6) is 5.75 Å². The summed E-state index contributed by atoms with van der Waals surface area (Å²) in [6.07, 6.45) is 0. The Bertz CT molecular complexity index is 544. The quantitative estimate of drug-likeness (QED) is 0.473. The van der Waals surface area contributed by atoms with Crippen molar-refractivity contribution in [3.05, 3.63) is 28.1 Å². The number of benzene rings is 1. The highest BCUT2D eigenvalue weighted by Crippen LogP contribution is 2.32. The van der Waals surface area contributed by atoms with Gasteiger partial charge in [0.05, 0.1) is 18.1 Å². The van der Waals surface area contributed by atoms with Gasteiger partial charge in [0.15, 0.2) is 16.5 Å². The van der Waals surface area contributed by atoms with Crippen LogP contribution < -0.4 is 4.74 Å². The number of hydrogen-bond acceptors (Lipinski definition) is 5. The van der Waals surface area contributed by atoms with Gasteiger partial charge in [-0.1, -0.05) is 0 Å².